The van der Waals surface area contributed by atoms with Gasteiger partial charge in [0.2, 0.25) is 0 Å². The van der Waals surface area contributed by atoms with Crippen LogP contribution in [0, 0.1) is 0 Å². The summed E-state index contributed by atoms with van der Waals surface area (Å²) in [7, 11) is 1.44. The smallest absolute Gasteiger partial charge is 0.305 e. The lowest BCUT2D eigenvalue weighted by atomic mass is 10.1. The third kappa shape index (κ3) is 14.1. The van der Waals surface area contributed by atoms with Crippen LogP contribution in [0.15, 0.2) is 18.2 Å². The molecule has 172 valence electrons. The average Bonchev–Trinajstić information content (AvgIpc) is 2.74. The molecule has 0 heterocycles. The van der Waals surface area contributed by atoms with Crippen molar-refractivity contribution in [3.63, 3.8) is 0 Å². The van der Waals surface area contributed by atoms with E-state index in [0.29, 0.717) is 31.1 Å². The first kappa shape index (κ1) is 26.1. The lowest BCUT2D eigenvalue weighted by Gasteiger charge is -2.11. The van der Waals surface area contributed by atoms with Crippen LogP contribution in [0.25, 0.3) is 0 Å². The van der Waals surface area contributed by atoms with Gasteiger partial charge in [-0.15, -0.1) is 0 Å². The molecule has 0 aliphatic heterocycles. The number of benzene rings is 1. The number of carbonyl (C=O) groups excluding carboxylic acids is 1. The maximum absolute atomic E-state index is 11.0. The molecule has 5 nitrogen and oxygen atoms in total. The van der Waals surface area contributed by atoms with Crippen LogP contribution in [-0.2, 0) is 9.53 Å². The van der Waals surface area contributed by atoms with Gasteiger partial charge in [-0.1, -0.05) is 71.1 Å². The molecule has 0 aromatic heterocycles. The van der Waals surface area contributed by atoms with Gasteiger partial charge in [-0.2, -0.15) is 0 Å². The number of methoxy groups -OCH3 is 1. The molecule has 0 aliphatic carbocycles. The predicted octanol–water partition coefficient (Wildman–Crippen LogP) is 6.80. The molecule has 0 spiro atoms. The zero-order chi connectivity index (χ0) is 21.9. The van der Waals surface area contributed by atoms with Crippen molar-refractivity contribution >= 4 is 5.97 Å². The summed E-state index contributed by atoms with van der Waals surface area (Å²) < 4.78 is 16.2. The topological polar surface area (TPSA) is 65.0 Å². The number of carbonyl (C=O) groups is 1. The molecule has 0 fully saturated rings. The predicted molar refractivity (Wildman–Crippen MR) is 121 cm³/mol. The molecule has 0 atom stereocenters. The highest BCUT2D eigenvalue weighted by molar-refractivity contribution is 5.68. The molecular formula is C25H42O5. The van der Waals surface area contributed by atoms with E-state index in [1.165, 1.54) is 58.5 Å². The van der Waals surface area contributed by atoms with Gasteiger partial charge in [-0.25, -0.2) is 0 Å². The van der Waals surface area contributed by atoms with E-state index in [0.717, 1.165) is 32.1 Å². The van der Waals surface area contributed by atoms with Gasteiger partial charge in [0, 0.05) is 24.6 Å². The highest BCUT2D eigenvalue weighted by Crippen LogP contribution is 2.27. The molecule has 5 heteroatoms. The number of hydrogen-bond donors (Lipinski definition) is 1. The molecule has 0 aliphatic rings. The Balaban J connectivity index is 2.05. The van der Waals surface area contributed by atoms with Crippen molar-refractivity contribution in [3.8, 4) is 17.2 Å². The standard InChI is InChI=1S/C25H42O5/c1-3-4-5-11-14-17-29-23-19-22(26)20-24(21-23)30-18-15-12-9-7-6-8-10-13-16-25(27)28-2/h19-21,26H,3-18H2,1-2H3. The minimum Gasteiger partial charge on any atom is -0.508 e. The van der Waals surface area contributed by atoms with Gasteiger partial charge in [0.1, 0.15) is 17.2 Å². The first-order chi connectivity index (χ1) is 14.7. The largest absolute Gasteiger partial charge is 0.508 e. The summed E-state index contributed by atoms with van der Waals surface area (Å²) in [6.45, 7) is 3.54. The van der Waals surface area contributed by atoms with Crippen molar-refractivity contribution in [2.24, 2.45) is 0 Å². The van der Waals surface area contributed by atoms with Crippen LogP contribution in [0.5, 0.6) is 17.2 Å². The highest BCUT2D eigenvalue weighted by atomic mass is 16.5. The quantitative estimate of drug-likeness (QED) is 0.196. The first-order valence-electron chi connectivity index (χ1n) is 11.8. The lowest BCUT2D eigenvalue weighted by molar-refractivity contribution is -0.140. The molecule has 0 bridgehead atoms. The zero-order valence-corrected chi connectivity index (χ0v) is 19.1. The first-order valence-corrected chi connectivity index (χ1v) is 11.8. The third-order valence-corrected chi connectivity index (χ3v) is 5.15. The molecule has 0 unspecified atom stereocenters. The van der Waals surface area contributed by atoms with E-state index in [2.05, 4.69) is 11.7 Å². The van der Waals surface area contributed by atoms with Gasteiger partial charge in [0.25, 0.3) is 0 Å². The summed E-state index contributed by atoms with van der Waals surface area (Å²) in [6.07, 6.45) is 15.5. The van der Waals surface area contributed by atoms with Crippen LogP contribution in [0.2, 0.25) is 0 Å². The number of aromatic hydroxyl groups is 1. The van der Waals surface area contributed by atoms with Crippen LogP contribution in [0.1, 0.15) is 96.8 Å². The summed E-state index contributed by atoms with van der Waals surface area (Å²) in [5.74, 6) is 1.41. The van der Waals surface area contributed by atoms with Crippen LogP contribution in [-0.4, -0.2) is 31.4 Å². The molecule has 1 aromatic carbocycles. The summed E-state index contributed by atoms with van der Waals surface area (Å²) in [5.41, 5.74) is 0. The summed E-state index contributed by atoms with van der Waals surface area (Å²) >= 11 is 0. The maximum Gasteiger partial charge on any atom is 0.305 e. The highest BCUT2D eigenvalue weighted by Gasteiger charge is 2.03. The fourth-order valence-electron chi connectivity index (χ4n) is 3.34. The molecule has 30 heavy (non-hydrogen) atoms. The van der Waals surface area contributed by atoms with E-state index in [1.807, 2.05) is 6.07 Å². The van der Waals surface area contributed by atoms with Crippen molar-refractivity contribution in [2.45, 2.75) is 96.8 Å². The summed E-state index contributed by atoms with van der Waals surface area (Å²) in [5, 5.41) is 9.89. The van der Waals surface area contributed by atoms with Gasteiger partial charge in [0.15, 0.2) is 0 Å². The molecular weight excluding hydrogens is 380 g/mol. The van der Waals surface area contributed by atoms with Gasteiger partial charge < -0.3 is 19.3 Å². The van der Waals surface area contributed by atoms with Crippen LogP contribution < -0.4 is 9.47 Å². The van der Waals surface area contributed by atoms with Crippen LogP contribution in [0.3, 0.4) is 0 Å². The van der Waals surface area contributed by atoms with Crippen LogP contribution >= 0.6 is 0 Å². The van der Waals surface area contributed by atoms with E-state index < -0.39 is 0 Å². The average molecular weight is 423 g/mol. The van der Waals surface area contributed by atoms with Gasteiger partial charge >= 0.3 is 5.97 Å². The molecule has 1 aromatic rings. The Morgan fingerprint density at radius 3 is 1.70 bits per heavy atom. The number of rotatable bonds is 19. The molecule has 0 saturated heterocycles. The minimum absolute atomic E-state index is 0.108. The Hall–Kier alpha value is -1.91. The number of unbranched alkanes of at least 4 members (excludes halogenated alkanes) is 11. The second kappa shape index (κ2) is 17.9. The monoisotopic (exact) mass is 422 g/mol. The van der Waals surface area contributed by atoms with Crippen molar-refractivity contribution in [1.29, 1.82) is 0 Å². The summed E-state index contributed by atoms with van der Waals surface area (Å²) in [4.78, 5) is 11.0. The number of ether oxygens (including phenoxy) is 3. The second-order valence-electron chi connectivity index (χ2n) is 7.93. The van der Waals surface area contributed by atoms with E-state index in [1.54, 1.807) is 12.1 Å². The van der Waals surface area contributed by atoms with E-state index in [-0.39, 0.29) is 11.7 Å². The van der Waals surface area contributed by atoms with Gasteiger partial charge in [-0.3, -0.25) is 4.79 Å². The van der Waals surface area contributed by atoms with Crippen molar-refractivity contribution in [1.82, 2.24) is 0 Å². The molecule has 1 rings (SSSR count). The number of esters is 1. The Morgan fingerprint density at radius 2 is 1.20 bits per heavy atom. The normalized spacial score (nSPS) is 10.7. The van der Waals surface area contributed by atoms with Crippen molar-refractivity contribution < 1.29 is 24.1 Å². The van der Waals surface area contributed by atoms with Gasteiger partial charge in [-0.05, 0) is 19.3 Å². The fourth-order valence-corrected chi connectivity index (χ4v) is 3.34. The molecule has 0 saturated carbocycles. The number of phenols is 1. The Labute approximate surface area is 183 Å². The van der Waals surface area contributed by atoms with E-state index >= 15 is 0 Å². The fraction of sp³-hybridized carbons (Fsp3) is 0.720. The SMILES string of the molecule is CCCCCCCOc1cc(O)cc(OCCCCCCCCCCC(=O)OC)c1. The third-order valence-electron chi connectivity index (χ3n) is 5.15. The second-order valence-corrected chi connectivity index (χ2v) is 7.93. The number of phenolic OH excluding ortho intramolecular Hbond substituents is 1. The van der Waals surface area contributed by atoms with Crippen molar-refractivity contribution in [3.05, 3.63) is 18.2 Å². The minimum atomic E-state index is -0.108. The zero-order valence-electron chi connectivity index (χ0n) is 19.1. The lowest BCUT2D eigenvalue weighted by Crippen LogP contribution is -2.00. The number of hydrogen-bond acceptors (Lipinski definition) is 5. The molecule has 0 amide bonds. The molecule has 0 radical (unpaired) electrons. The van der Waals surface area contributed by atoms with Crippen molar-refractivity contribution in [2.75, 3.05) is 20.3 Å². The maximum atomic E-state index is 11.0. The van der Waals surface area contributed by atoms with Crippen LogP contribution in [0.4, 0.5) is 0 Å². The Kier molecular flexibility index (Phi) is 15.6. The van der Waals surface area contributed by atoms with Gasteiger partial charge in [0.05, 0.1) is 20.3 Å². The van der Waals surface area contributed by atoms with E-state index in [4.69, 9.17) is 9.47 Å². The molecule has 1 N–H and O–H groups in total. The van der Waals surface area contributed by atoms with E-state index in [9.17, 15) is 9.90 Å². The Morgan fingerprint density at radius 1 is 0.733 bits per heavy atom. The summed E-state index contributed by atoms with van der Waals surface area (Å²) in [6, 6.07) is 5.15. The Bertz CT molecular complexity index is 558.